The smallest absolute Gasteiger partial charge is 0.231 e. The van der Waals surface area contributed by atoms with E-state index in [0.717, 1.165) is 21.5 Å². The van der Waals surface area contributed by atoms with Crippen LogP contribution in [0.2, 0.25) is 0 Å². The Hall–Kier alpha value is -1.27. The van der Waals surface area contributed by atoms with E-state index in [-0.39, 0.29) is 19.2 Å². The number of hydrogen-bond acceptors (Lipinski definition) is 4. The molecular weight excluding hydrogens is 288 g/mol. The SMILES string of the molecule is CN(CC(N)=O)Cc1cc(Br)c2c(c1)OCO2. The zero-order valence-corrected chi connectivity index (χ0v) is 11.0. The van der Waals surface area contributed by atoms with E-state index < -0.39 is 0 Å². The van der Waals surface area contributed by atoms with Gasteiger partial charge >= 0.3 is 0 Å². The summed E-state index contributed by atoms with van der Waals surface area (Å²) in [6, 6.07) is 3.86. The molecule has 2 rings (SSSR count). The molecule has 0 saturated carbocycles. The third-order valence-electron chi connectivity index (χ3n) is 2.37. The molecule has 0 radical (unpaired) electrons. The third-order valence-corrected chi connectivity index (χ3v) is 2.95. The predicted molar refractivity (Wildman–Crippen MR) is 65.8 cm³/mol. The third kappa shape index (κ3) is 2.89. The highest BCUT2D eigenvalue weighted by Crippen LogP contribution is 2.40. The number of likely N-dealkylation sites (N-methyl/N-ethyl adjacent to an activating group) is 1. The number of amides is 1. The van der Waals surface area contributed by atoms with E-state index in [0.29, 0.717) is 6.54 Å². The lowest BCUT2D eigenvalue weighted by atomic mass is 10.2. The molecule has 0 aromatic heterocycles. The van der Waals surface area contributed by atoms with Crippen molar-refractivity contribution >= 4 is 21.8 Å². The van der Waals surface area contributed by atoms with Crippen LogP contribution in [0.15, 0.2) is 16.6 Å². The number of halogens is 1. The highest BCUT2D eigenvalue weighted by atomic mass is 79.9. The van der Waals surface area contributed by atoms with Crippen molar-refractivity contribution in [1.82, 2.24) is 4.90 Å². The van der Waals surface area contributed by atoms with Gasteiger partial charge in [-0.2, -0.15) is 0 Å². The van der Waals surface area contributed by atoms with Gasteiger partial charge in [0.15, 0.2) is 11.5 Å². The Morgan fingerprint density at radius 1 is 1.53 bits per heavy atom. The van der Waals surface area contributed by atoms with Crippen molar-refractivity contribution in [2.24, 2.45) is 5.73 Å². The number of ether oxygens (including phenoxy) is 2. The Labute approximate surface area is 108 Å². The minimum atomic E-state index is -0.340. The van der Waals surface area contributed by atoms with Gasteiger partial charge in [0.05, 0.1) is 11.0 Å². The van der Waals surface area contributed by atoms with Gasteiger partial charge in [-0.1, -0.05) is 0 Å². The van der Waals surface area contributed by atoms with E-state index in [9.17, 15) is 4.79 Å². The molecule has 1 amide bonds. The van der Waals surface area contributed by atoms with Crippen molar-refractivity contribution in [2.75, 3.05) is 20.4 Å². The van der Waals surface area contributed by atoms with E-state index in [2.05, 4.69) is 15.9 Å². The maximum atomic E-state index is 10.8. The maximum Gasteiger partial charge on any atom is 0.231 e. The van der Waals surface area contributed by atoms with E-state index >= 15 is 0 Å². The summed E-state index contributed by atoms with van der Waals surface area (Å²) in [6.07, 6.45) is 0. The largest absolute Gasteiger partial charge is 0.454 e. The molecule has 1 aliphatic heterocycles. The lowest BCUT2D eigenvalue weighted by Gasteiger charge is -2.15. The molecule has 1 aromatic carbocycles. The van der Waals surface area contributed by atoms with Gasteiger partial charge in [-0.3, -0.25) is 9.69 Å². The summed E-state index contributed by atoms with van der Waals surface area (Å²) in [7, 11) is 1.84. The number of nitrogens with two attached hydrogens (primary N) is 1. The van der Waals surface area contributed by atoms with Crippen LogP contribution in [0, 0.1) is 0 Å². The second kappa shape index (κ2) is 4.93. The summed E-state index contributed by atoms with van der Waals surface area (Å²) in [5, 5.41) is 0. The zero-order valence-electron chi connectivity index (χ0n) is 9.40. The van der Waals surface area contributed by atoms with Gasteiger partial charge in [-0.05, 0) is 40.7 Å². The van der Waals surface area contributed by atoms with Gasteiger partial charge in [0, 0.05) is 6.54 Å². The first-order chi connectivity index (χ1) is 8.06. The van der Waals surface area contributed by atoms with Gasteiger partial charge < -0.3 is 15.2 Å². The molecule has 1 aromatic rings. The Morgan fingerprint density at radius 2 is 2.29 bits per heavy atom. The Kier molecular flexibility index (Phi) is 3.54. The number of nitrogens with zero attached hydrogens (tertiary/aromatic N) is 1. The van der Waals surface area contributed by atoms with Crippen LogP contribution in [0.5, 0.6) is 11.5 Å². The van der Waals surface area contributed by atoms with Gasteiger partial charge in [0.25, 0.3) is 0 Å². The molecule has 6 heteroatoms. The van der Waals surface area contributed by atoms with Gasteiger partial charge in [0.1, 0.15) is 0 Å². The van der Waals surface area contributed by atoms with Gasteiger partial charge in [-0.15, -0.1) is 0 Å². The number of hydrogen-bond donors (Lipinski definition) is 1. The maximum absolute atomic E-state index is 10.8. The normalized spacial score (nSPS) is 13.1. The van der Waals surface area contributed by atoms with Crippen molar-refractivity contribution in [3.8, 4) is 11.5 Å². The second-order valence-corrected chi connectivity index (χ2v) is 4.80. The van der Waals surface area contributed by atoms with Crippen molar-refractivity contribution in [1.29, 1.82) is 0 Å². The molecule has 0 unspecified atom stereocenters. The van der Waals surface area contributed by atoms with Crippen LogP contribution < -0.4 is 15.2 Å². The summed E-state index contributed by atoms with van der Waals surface area (Å²) < 4.78 is 11.5. The molecule has 92 valence electrons. The highest BCUT2D eigenvalue weighted by Gasteiger charge is 2.18. The summed E-state index contributed by atoms with van der Waals surface area (Å²) in [5.74, 6) is 1.11. The number of primary amides is 1. The number of carbonyl (C=O) groups is 1. The first-order valence-electron chi connectivity index (χ1n) is 5.11. The monoisotopic (exact) mass is 300 g/mol. The number of benzene rings is 1. The van der Waals surface area contributed by atoms with Crippen molar-refractivity contribution < 1.29 is 14.3 Å². The molecule has 5 nitrogen and oxygen atoms in total. The molecule has 0 aliphatic carbocycles. The molecule has 0 spiro atoms. The van der Waals surface area contributed by atoms with E-state index in [1.54, 1.807) is 0 Å². The van der Waals surface area contributed by atoms with Crippen molar-refractivity contribution in [3.63, 3.8) is 0 Å². The van der Waals surface area contributed by atoms with E-state index in [4.69, 9.17) is 15.2 Å². The fraction of sp³-hybridized carbons (Fsp3) is 0.364. The molecular formula is C11H13BrN2O3. The lowest BCUT2D eigenvalue weighted by Crippen LogP contribution is -2.30. The lowest BCUT2D eigenvalue weighted by molar-refractivity contribution is -0.118. The fourth-order valence-electron chi connectivity index (χ4n) is 1.75. The predicted octanol–water partition coefficient (Wildman–Crippen LogP) is 1.09. The number of fused-ring (bicyclic) bond motifs is 1. The van der Waals surface area contributed by atoms with Gasteiger partial charge in [0.2, 0.25) is 12.7 Å². The van der Waals surface area contributed by atoms with Crippen molar-refractivity contribution in [3.05, 3.63) is 22.2 Å². The first-order valence-corrected chi connectivity index (χ1v) is 5.90. The summed E-state index contributed by atoms with van der Waals surface area (Å²) in [6.45, 7) is 1.10. The van der Waals surface area contributed by atoms with Crippen molar-refractivity contribution in [2.45, 2.75) is 6.54 Å². The molecule has 0 fully saturated rings. The molecule has 0 atom stereocenters. The van der Waals surface area contributed by atoms with Crippen LogP contribution in [0.3, 0.4) is 0 Å². The summed E-state index contributed by atoms with van der Waals surface area (Å²) in [5.41, 5.74) is 6.16. The van der Waals surface area contributed by atoms with Gasteiger partial charge in [-0.25, -0.2) is 0 Å². The molecule has 0 saturated heterocycles. The topological polar surface area (TPSA) is 64.8 Å². The summed E-state index contributed by atoms with van der Waals surface area (Å²) >= 11 is 3.42. The minimum Gasteiger partial charge on any atom is -0.454 e. The van der Waals surface area contributed by atoms with Crippen LogP contribution in [0.4, 0.5) is 0 Å². The quantitative estimate of drug-likeness (QED) is 0.904. The fourth-order valence-corrected chi connectivity index (χ4v) is 2.35. The standard InChI is InChI=1S/C11H13BrN2O3/c1-14(5-10(13)15)4-7-2-8(12)11-9(3-7)16-6-17-11/h2-3H,4-6H2,1H3,(H2,13,15). The summed E-state index contributed by atoms with van der Waals surface area (Å²) in [4.78, 5) is 12.6. The Balaban J connectivity index is 2.12. The molecule has 17 heavy (non-hydrogen) atoms. The van der Waals surface area contributed by atoms with E-state index in [1.807, 2.05) is 24.1 Å². The second-order valence-electron chi connectivity index (χ2n) is 3.95. The average molecular weight is 301 g/mol. The van der Waals surface area contributed by atoms with Crippen LogP contribution >= 0.6 is 15.9 Å². The molecule has 1 heterocycles. The van der Waals surface area contributed by atoms with E-state index in [1.165, 1.54) is 0 Å². The van der Waals surface area contributed by atoms with Crippen LogP contribution in [-0.2, 0) is 11.3 Å². The van der Waals surface area contributed by atoms with Crippen LogP contribution in [0.25, 0.3) is 0 Å². The highest BCUT2D eigenvalue weighted by molar-refractivity contribution is 9.10. The molecule has 0 bridgehead atoms. The molecule has 2 N–H and O–H groups in total. The average Bonchev–Trinajstić information content (AvgIpc) is 2.64. The van der Waals surface area contributed by atoms with Crippen LogP contribution in [0.1, 0.15) is 5.56 Å². The van der Waals surface area contributed by atoms with Crippen LogP contribution in [-0.4, -0.2) is 31.2 Å². The Bertz CT molecular complexity index is 451. The molecule has 1 aliphatic rings. The zero-order chi connectivity index (χ0) is 12.4. The minimum absolute atomic E-state index is 0.228. The Morgan fingerprint density at radius 3 is 3.00 bits per heavy atom. The first kappa shape index (κ1) is 12.2. The number of rotatable bonds is 4. The number of carbonyl (C=O) groups excluding carboxylic acids is 1.